The molecule has 0 fully saturated rings. The minimum absolute atomic E-state index is 0.406. The Morgan fingerprint density at radius 3 is 2.48 bits per heavy atom. The van der Waals surface area contributed by atoms with Crippen molar-refractivity contribution in [3.63, 3.8) is 0 Å². The normalized spacial score (nSPS) is 14.8. The van der Waals surface area contributed by atoms with E-state index in [1.54, 1.807) is 24.4 Å². The Balaban J connectivity index is 0.000000696. The van der Waals surface area contributed by atoms with Gasteiger partial charge in [0, 0.05) is 23.0 Å². The highest BCUT2D eigenvalue weighted by atomic mass is 31.2. The number of carbonyl (C=O) groups is 1. The van der Waals surface area contributed by atoms with Gasteiger partial charge < -0.3 is 35.2 Å². The van der Waals surface area contributed by atoms with E-state index in [2.05, 4.69) is 16.4 Å². The van der Waals surface area contributed by atoms with Gasteiger partial charge in [-0.1, -0.05) is 6.07 Å². The molecule has 0 radical (unpaired) electrons. The van der Waals surface area contributed by atoms with Gasteiger partial charge in [0.05, 0.1) is 42.5 Å². The fourth-order valence-electron chi connectivity index (χ4n) is 3.57. The molecular formula is C21H25N4O7P. The first-order valence-electron chi connectivity index (χ1n) is 9.69. The topological polar surface area (TPSA) is 188 Å². The average Bonchev–Trinajstić information content (AvgIpc) is 2.73. The maximum Gasteiger partial charge on any atom is 0.466 e. The quantitative estimate of drug-likeness (QED) is 0.400. The third kappa shape index (κ3) is 6.09. The standard InChI is InChI=1S/C21H22N4O3.H3O4P/c1-5-28-21-18-17(14-7-6-13(9-22)8-15(14)27-4)16(20(23)26)12(3)25-19(18)11(2)10-24-21;1-5(2,3)4/h6-8,10,17,25H,5H2,1-4H3,(H2,23,26);(H3,1,2,3,4)/t17-;/m1./s1. The molecule has 12 heteroatoms. The van der Waals surface area contributed by atoms with Crippen molar-refractivity contribution in [3.8, 4) is 17.7 Å². The van der Waals surface area contributed by atoms with E-state index in [9.17, 15) is 10.1 Å². The lowest BCUT2D eigenvalue weighted by Crippen LogP contribution is -2.28. The highest BCUT2D eigenvalue weighted by Gasteiger charge is 2.36. The first kappa shape index (κ1) is 25.8. The number of ether oxygens (including phenoxy) is 2. The molecule has 3 rings (SSSR count). The Hall–Kier alpha value is -3.42. The van der Waals surface area contributed by atoms with E-state index >= 15 is 0 Å². The first-order valence-corrected chi connectivity index (χ1v) is 11.3. The zero-order valence-corrected chi connectivity index (χ0v) is 19.4. The summed E-state index contributed by atoms with van der Waals surface area (Å²) in [7, 11) is -3.11. The van der Waals surface area contributed by atoms with Crippen molar-refractivity contribution in [2.45, 2.75) is 26.7 Å². The van der Waals surface area contributed by atoms with Crippen molar-refractivity contribution in [1.29, 1.82) is 5.26 Å². The fourth-order valence-corrected chi connectivity index (χ4v) is 3.57. The number of hydrogen-bond donors (Lipinski definition) is 5. The molecule has 1 aromatic heterocycles. The van der Waals surface area contributed by atoms with Gasteiger partial charge in [-0.3, -0.25) is 4.79 Å². The van der Waals surface area contributed by atoms with Crippen molar-refractivity contribution in [2.24, 2.45) is 5.73 Å². The number of aryl methyl sites for hydroxylation is 1. The Kier molecular flexibility index (Phi) is 8.19. The molecule has 0 spiro atoms. The summed E-state index contributed by atoms with van der Waals surface area (Å²) in [5.74, 6) is -0.160. The molecule has 0 bridgehead atoms. The Labute approximate surface area is 190 Å². The summed E-state index contributed by atoms with van der Waals surface area (Å²) in [6.07, 6.45) is 1.73. The van der Waals surface area contributed by atoms with Crippen LogP contribution in [0.15, 0.2) is 35.7 Å². The number of pyridine rings is 1. The van der Waals surface area contributed by atoms with Crippen LogP contribution in [0.5, 0.6) is 11.6 Å². The number of phosphoric acid groups is 1. The van der Waals surface area contributed by atoms with E-state index in [0.29, 0.717) is 40.6 Å². The van der Waals surface area contributed by atoms with Crippen LogP contribution in [0.1, 0.15) is 42.0 Å². The number of primary amides is 1. The van der Waals surface area contributed by atoms with Crippen molar-refractivity contribution in [1.82, 2.24) is 4.98 Å². The van der Waals surface area contributed by atoms with Gasteiger partial charge in [0.15, 0.2) is 0 Å². The molecule has 176 valence electrons. The molecule has 11 nitrogen and oxygen atoms in total. The second-order valence-electron chi connectivity index (χ2n) is 7.01. The van der Waals surface area contributed by atoms with Gasteiger partial charge in [-0.05, 0) is 38.5 Å². The lowest BCUT2D eigenvalue weighted by Gasteiger charge is -2.32. The van der Waals surface area contributed by atoms with Crippen LogP contribution in [-0.4, -0.2) is 39.3 Å². The lowest BCUT2D eigenvalue weighted by molar-refractivity contribution is -0.114. The summed E-state index contributed by atoms with van der Waals surface area (Å²) in [5.41, 5.74) is 10.5. The zero-order chi connectivity index (χ0) is 24.9. The molecule has 1 aromatic carbocycles. The number of hydrogen-bond acceptors (Lipinski definition) is 7. The van der Waals surface area contributed by atoms with E-state index in [4.69, 9.17) is 34.5 Å². The number of nitrogens with two attached hydrogens (primary N) is 1. The lowest BCUT2D eigenvalue weighted by atomic mass is 9.79. The number of nitrogens with one attached hydrogen (secondary N) is 1. The zero-order valence-electron chi connectivity index (χ0n) is 18.5. The number of benzene rings is 1. The van der Waals surface area contributed by atoms with E-state index in [-0.39, 0.29) is 0 Å². The van der Waals surface area contributed by atoms with Gasteiger partial charge in [-0.15, -0.1) is 0 Å². The highest BCUT2D eigenvalue weighted by Crippen LogP contribution is 2.48. The van der Waals surface area contributed by atoms with Gasteiger partial charge >= 0.3 is 7.82 Å². The van der Waals surface area contributed by atoms with Crippen LogP contribution in [0.2, 0.25) is 0 Å². The van der Waals surface area contributed by atoms with E-state index in [0.717, 1.165) is 16.8 Å². The molecule has 1 atom stereocenters. The molecule has 0 aliphatic carbocycles. The molecule has 1 aliphatic rings. The van der Waals surface area contributed by atoms with Gasteiger partial charge in [0.25, 0.3) is 0 Å². The highest BCUT2D eigenvalue weighted by molar-refractivity contribution is 7.45. The van der Waals surface area contributed by atoms with Gasteiger partial charge in [0.1, 0.15) is 5.75 Å². The number of carbonyl (C=O) groups excluding carboxylic acids is 1. The van der Waals surface area contributed by atoms with Crippen LogP contribution in [-0.2, 0) is 9.36 Å². The number of nitrogens with zero attached hydrogens (tertiary/aromatic N) is 2. The minimum atomic E-state index is -4.64. The molecule has 0 saturated carbocycles. The molecule has 33 heavy (non-hydrogen) atoms. The van der Waals surface area contributed by atoms with Crippen LogP contribution in [0.3, 0.4) is 0 Å². The number of allylic oxidation sites excluding steroid dienone is 1. The molecule has 1 aliphatic heterocycles. The molecule has 1 amide bonds. The van der Waals surface area contributed by atoms with Gasteiger partial charge in [-0.25, -0.2) is 9.55 Å². The van der Waals surface area contributed by atoms with Crippen LogP contribution in [0.4, 0.5) is 5.69 Å². The average molecular weight is 476 g/mol. The molecule has 2 heterocycles. The number of anilines is 1. The molecule has 6 N–H and O–H groups in total. The van der Waals surface area contributed by atoms with E-state index < -0.39 is 19.6 Å². The second-order valence-corrected chi connectivity index (χ2v) is 8.04. The third-order valence-electron chi connectivity index (χ3n) is 4.78. The van der Waals surface area contributed by atoms with E-state index in [1.165, 1.54) is 7.11 Å². The summed E-state index contributed by atoms with van der Waals surface area (Å²) >= 11 is 0. The summed E-state index contributed by atoms with van der Waals surface area (Å²) in [5, 5.41) is 12.5. The molecular weight excluding hydrogens is 451 g/mol. The molecule has 0 saturated heterocycles. The summed E-state index contributed by atoms with van der Waals surface area (Å²) in [6.45, 7) is 6.04. The molecule has 2 aromatic rings. The van der Waals surface area contributed by atoms with Gasteiger partial charge in [-0.2, -0.15) is 5.26 Å². The first-order chi connectivity index (χ1) is 15.4. The van der Waals surface area contributed by atoms with Crippen LogP contribution >= 0.6 is 7.82 Å². The van der Waals surface area contributed by atoms with Crippen molar-refractivity contribution >= 4 is 19.4 Å². The predicted octanol–water partition coefficient (Wildman–Crippen LogP) is 2.06. The number of amides is 1. The molecule has 0 unspecified atom stereocenters. The Morgan fingerprint density at radius 1 is 1.33 bits per heavy atom. The van der Waals surface area contributed by atoms with Crippen molar-refractivity contribution in [3.05, 3.63) is 57.9 Å². The maximum absolute atomic E-state index is 12.4. The summed E-state index contributed by atoms with van der Waals surface area (Å²) in [4.78, 5) is 38.4. The monoisotopic (exact) mass is 476 g/mol. The van der Waals surface area contributed by atoms with Gasteiger partial charge in [0.2, 0.25) is 11.8 Å². The van der Waals surface area contributed by atoms with Crippen LogP contribution < -0.4 is 20.5 Å². The SMILES string of the molecule is CCOc1ncc(C)c2c1[C@H](c1ccc(C#N)cc1OC)C(C(N)=O)=C(C)N2.O=P(O)(O)O. The van der Waals surface area contributed by atoms with Crippen LogP contribution in [0.25, 0.3) is 0 Å². The van der Waals surface area contributed by atoms with Crippen molar-refractivity contribution in [2.75, 3.05) is 19.0 Å². The minimum Gasteiger partial charge on any atom is -0.496 e. The number of rotatable bonds is 5. The van der Waals surface area contributed by atoms with Crippen molar-refractivity contribution < 1.29 is 33.5 Å². The largest absolute Gasteiger partial charge is 0.496 e. The number of fused-ring (bicyclic) bond motifs is 1. The smallest absolute Gasteiger partial charge is 0.466 e. The Bertz CT molecular complexity index is 1180. The number of nitriles is 1. The number of aromatic nitrogens is 1. The maximum atomic E-state index is 12.4. The Morgan fingerprint density at radius 2 is 1.97 bits per heavy atom. The number of methoxy groups -OCH3 is 1. The van der Waals surface area contributed by atoms with E-state index in [1.807, 2.05) is 20.8 Å². The third-order valence-corrected chi connectivity index (χ3v) is 4.78. The fraction of sp³-hybridized carbons (Fsp3) is 0.286. The summed E-state index contributed by atoms with van der Waals surface area (Å²) < 4.78 is 20.2. The predicted molar refractivity (Wildman–Crippen MR) is 119 cm³/mol. The summed E-state index contributed by atoms with van der Waals surface area (Å²) in [6, 6.07) is 7.22. The van der Waals surface area contributed by atoms with Crippen LogP contribution in [0, 0.1) is 18.3 Å². The second kappa shape index (κ2) is 10.5.